The van der Waals surface area contributed by atoms with E-state index in [-0.39, 0.29) is 6.10 Å². The zero-order valence-corrected chi connectivity index (χ0v) is 6.47. The Labute approximate surface area is 69.6 Å². The molecule has 0 N–H and O–H groups in total. The van der Waals surface area contributed by atoms with Gasteiger partial charge in [0.2, 0.25) is 6.29 Å². The molecule has 2 unspecified atom stereocenters. The summed E-state index contributed by atoms with van der Waals surface area (Å²) in [7, 11) is 0. The third-order valence-electron chi connectivity index (χ3n) is 1.65. The molecule has 0 aromatic carbocycles. The quantitative estimate of drug-likeness (QED) is 0.554. The molecule has 1 saturated heterocycles. The molecule has 0 bridgehead atoms. The highest BCUT2D eigenvalue weighted by Gasteiger charge is 2.24. The lowest BCUT2D eigenvalue weighted by atomic mass is 10.1. The molecule has 1 rings (SSSR count). The molecular weight excluding hydrogens is 164 g/mol. The van der Waals surface area contributed by atoms with Crippen molar-refractivity contribution in [1.29, 1.82) is 0 Å². The maximum atomic E-state index is 9.96. The smallest absolute Gasteiger partial charge is 0.295 e. The van der Waals surface area contributed by atoms with Gasteiger partial charge in [-0.15, -0.1) is 0 Å². The van der Waals surface area contributed by atoms with Crippen molar-refractivity contribution < 1.29 is 23.8 Å². The Balaban J connectivity index is 2.29. The Hall–Kier alpha value is -1.10. The fraction of sp³-hybridized carbons (Fsp3) is 0.714. The summed E-state index contributed by atoms with van der Waals surface area (Å²) in [5.41, 5.74) is 0. The Morgan fingerprint density at radius 2 is 2.00 bits per heavy atom. The minimum Gasteiger partial charge on any atom is -0.464 e. The van der Waals surface area contributed by atoms with Crippen LogP contribution in [0, 0.1) is 0 Å². The molecule has 0 aromatic rings. The second kappa shape index (κ2) is 4.71. The fourth-order valence-corrected chi connectivity index (χ4v) is 1.09. The molecule has 0 aromatic heterocycles. The zero-order chi connectivity index (χ0) is 8.81. The number of carbonyl (C=O) groups excluding carboxylic acids is 2. The second-order valence-electron chi connectivity index (χ2n) is 2.41. The molecule has 5 heteroatoms. The van der Waals surface area contributed by atoms with Gasteiger partial charge in [0.1, 0.15) is 6.10 Å². The predicted molar refractivity (Wildman–Crippen MR) is 37.1 cm³/mol. The van der Waals surface area contributed by atoms with Crippen LogP contribution in [0.5, 0.6) is 0 Å². The summed E-state index contributed by atoms with van der Waals surface area (Å²) in [5.74, 6) is 0. The monoisotopic (exact) mass is 174 g/mol. The Kier molecular flexibility index (Phi) is 3.53. The summed E-state index contributed by atoms with van der Waals surface area (Å²) < 4.78 is 14.3. The third-order valence-corrected chi connectivity index (χ3v) is 1.65. The molecule has 0 amide bonds. The number of rotatable bonds is 4. The van der Waals surface area contributed by atoms with Crippen molar-refractivity contribution in [3.8, 4) is 0 Å². The lowest BCUT2D eigenvalue weighted by Crippen LogP contribution is -2.32. The molecule has 1 aliphatic rings. The number of carbonyl (C=O) groups is 2. The van der Waals surface area contributed by atoms with E-state index in [1.165, 1.54) is 0 Å². The van der Waals surface area contributed by atoms with Crippen LogP contribution in [0.4, 0.5) is 0 Å². The van der Waals surface area contributed by atoms with Gasteiger partial charge in [-0.05, 0) is 0 Å². The van der Waals surface area contributed by atoms with Crippen LogP contribution in [0.25, 0.3) is 0 Å². The van der Waals surface area contributed by atoms with E-state index in [4.69, 9.17) is 9.47 Å². The molecule has 1 fully saturated rings. The van der Waals surface area contributed by atoms with Gasteiger partial charge < -0.3 is 14.2 Å². The van der Waals surface area contributed by atoms with Crippen LogP contribution < -0.4 is 0 Å². The van der Waals surface area contributed by atoms with Crippen LogP contribution >= 0.6 is 0 Å². The first kappa shape index (κ1) is 8.99. The maximum absolute atomic E-state index is 9.96. The number of hydrogen-bond acceptors (Lipinski definition) is 5. The average molecular weight is 174 g/mol. The van der Waals surface area contributed by atoms with Crippen LogP contribution in [0.3, 0.4) is 0 Å². The van der Waals surface area contributed by atoms with E-state index >= 15 is 0 Å². The van der Waals surface area contributed by atoms with E-state index in [9.17, 15) is 9.59 Å². The summed E-state index contributed by atoms with van der Waals surface area (Å²) in [4.78, 5) is 19.9. The molecule has 5 nitrogen and oxygen atoms in total. The van der Waals surface area contributed by atoms with Gasteiger partial charge in [-0.25, -0.2) is 0 Å². The first-order valence-electron chi connectivity index (χ1n) is 3.66. The van der Waals surface area contributed by atoms with Gasteiger partial charge in [0, 0.05) is 12.8 Å². The van der Waals surface area contributed by atoms with Crippen molar-refractivity contribution in [1.82, 2.24) is 0 Å². The Morgan fingerprint density at radius 3 is 2.67 bits per heavy atom. The van der Waals surface area contributed by atoms with Crippen molar-refractivity contribution >= 4 is 12.9 Å². The van der Waals surface area contributed by atoms with Gasteiger partial charge in [0.05, 0.1) is 6.61 Å². The van der Waals surface area contributed by atoms with Crippen molar-refractivity contribution in [3.05, 3.63) is 0 Å². The molecule has 12 heavy (non-hydrogen) atoms. The summed E-state index contributed by atoms with van der Waals surface area (Å²) in [6, 6.07) is 0. The van der Waals surface area contributed by atoms with Gasteiger partial charge in [-0.1, -0.05) is 0 Å². The molecule has 68 valence electrons. The van der Waals surface area contributed by atoms with Gasteiger partial charge in [-0.3, -0.25) is 9.59 Å². The van der Waals surface area contributed by atoms with Crippen molar-refractivity contribution in [2.45, 2.75) is 25.2 Å². The first-order chi connectivity index (χ1) is 5.86. The summed E-state index contributed by atoms with van der Waals surface area (Å²) in [5, 5.41) is 0. The Morgan fingerprint density at radius 1 is 1.25 bits per heavy atom. The van der Waals surface area contributed by atoms with E-state index in [1.54, 1.807) is 0 Å². The van der Waals surface area contributed by atoms with E-state index in [2.05, 4.69) is 4.74 Å². The highest BCUT2D eigenvalue weighted by molar-refractivity contribution is 5.38. The molecular formula is C7H10O5. The standard InChI is InChI=1S/C7H10O5/c8-4-11-6-1-2-10-7(3-6)12-5-9/h4-7H,1-3H2. The van der Waals surface area contributed by atoms with E-state index in [1.807, 2.05) is 0 Å². The lowest BCUT2D eigenvalue weighted by Gasteiger charge is -2.26. The largest absolute Gasteiger partial charge is 0.464 e. The third kappa shape index (κ3) is 2.50. The topological polar surface area (TPSA) is 61.8 Å². The van der Waals surface area contributed by atoms with Crippen LogP contribution in [0.15, 0.2) is 0 Å². The van der Waals surface area contributed by atoms with Crippen LogP contribution in [-0.4, -0.2) is 31.9 Å². The number of ether oxygens (including phenoxy) is 3. The second-order valence-corrected chi connectivity index (χ2v) is 2.41. The molecule has 1 aliphatic heterocycles. The summed E-state index contributed by atoms with van der Waals surface area (Å²) >= 11 is 0. The Bertz CT molecular complexity index is 142. The van der Waals surface area contributed by atoms with E-state index in [0.717, 1.165) is 0 Å². The highest BCUT2D eigenvalue weighted by Crippen LogP contribution is 2.16. The van der Waals surface area contributed by atoms with Gasteiger partial charge in [-0.2, -0.15) is 0 Å². The minimum absolute atomic E-state index is 0.193. The summed E-state index contributed by atoms with van der Waals surface area (Å²) in [6.45, 7) is 1.17. The lowest BCUT2D eigenvalue weighted by molar-refractivity contribution is -0.188. The molecule has 2 atom stereocenters. The normalized spacial score (nSPS) is 29.0. The van der Waals surface area contributed by atoms with E-state index in [0.29, 0.717) is 32.4 Å². The number of hydrogen-bond donors (Lipinski definition) is 0. The SMILES string of the molecule is O=COC1CCOC(OC=O)C1. The molecule has 0 spiro atoms. The van der Waals surface area contributed by atoms with Gasteiger partial charge >= 0.3 is 0 Å². The van der Waals surface area contributed by atoms with Crippen molar-refractivity contribution in [2.75, 3.05) is 6.61 Å². The molecule has 0 radical (unpaired) electrons. The first-order valence-corrected chi connectivity index (χ1v) is 3.66. The maximum Gasteiger partial charge on any atom is 0.295 e. The highest BCUT2D eigenvalue weighted by atomic mass is 16.7. The fourth-order valence-electron chi connectivity index (χ4n) is 1.09. The zero-order valence-electron chi connectivity index (χ0n) is 6.47. The van der Waals surface area contributed by atoms with Gasteiger partial charge in [0.25, 0.3) is 12.9 Å². The van der Waals surface area contributed by atoms with Crippen LogP contribution in [-0.2, 0) is 23.8 Å². The van der Waals surface area contributed by atoms with Crippen LogP contribution in [0.1, 0.15) is 12.8 Å². The average Bonchev–Trinajstić information content (AvgIpc) is 2.06. The summed E-state index contributed by atoms with van der Waals surface area (Å²) in [6.07, 6.45) is 0.303. The van der Waals surface area contributed by atoms with Gasteiger partial charge in [0.15, 0.2) is 0 Å². The van der Waals surface area contributed by atoms with Crippen LogP contribution in [0.2, 0.25) is 0 Å². The minimum atomic E-state index is -0.568. The van der Waals surface area contributed by atoms with E-state index < -0.39 is 6.29 Å². The molecule has 1 heterocycles. The molecule has 0 aliphatic carbocycles. The predicted octanol–water partition coefficient (Wildman–Crippen LogP) is -0.163. The van der Waals surface area contributed by atoms with Crippen molar-refractivity contribution in [2.24, 2.45) is 0 Å². The van der Waals surface area contributed by atoms with Crippen molar-refractivity contribution in [3.63, 3.8) is 0 Å². The molecule has 0 saturated carbocycles.